The summed E-state index contributed by atoms with van der Waals surface area (Å²) in [4.78, 5) is 12.5. The summed E-state index contributed by atoms with van der Waals surface area (Å²) in [5, 5.41) is 4.52. The smallest absolute Gasteiger partial charge is 0.255 e. The largest absolute Gasteiger partial charge is 0.272 e. The number of halogens is 3. The molecule has 0 aliphatic rings. The molecular weight excluding hydrogens is 476 g/mol. The maximum absolute atomic E-state index is 13.2. The van der Waals surface area contributed by atoms with Crippen LogP contribution in [-0.2, 0) is 21.4 Å². The van der Waals surface area contributed by atoms with Crippen molar-refractivity contribution in [2.24, 2.45) is 5.10 Å². The lowest BCUT2D eigenvalue weighted by Crippen LogP contribution is -2.39. The molecule has 0 bridgehead atoms. The van der Waals surface area contributed by atoms with Crippen LogP contribution in [0.5, 0.6) is 0 Å². The first-order valence-corrected chi connectivity index (χ1v) is 11.5. The van der Waals surface area contributed by atoms with Crippen molar-refractivity contribution in [3.05, 3.63) is 99.8 Å². The quantitative estimate of drug-likeness (QED) is 0.371. The minimum atomic E-state index is -4.01. The van der Waals surface area contributed by atoms with Crippen LogP contribution in [0.1, 0.15) is 11.1 Å². The van der Waals surface area contributed by atoms with Gasteiger partial charge in [-0.15, -0.1) is 0 Å². The molecule has 0 saturated carbocycles. The molecule has 166 valence electrons. The Bertz CT molecular complexity index is 1200. The Kier molecular flexibility index (Phi) is 7.98. The number of carbonyl (C=O) groups is 1. The number of carbonyl (C=O) groups excluding carboxylic acids is 1. The molecular formula is C22H18Cl2FN3O3S. The Balaban J connectivity index is 1.79. The molecule has 0 saturated heterocycles. The van der Waals surface area contributed by atoms with Crippen molar-refractivity contribution >= 4 is 45.3 Å². The third kappa shape index (κ3) is 6.14. The molecule has 3 rings (SSSR count). The molecule has 0 heterocycles. The van der Waals surface area contributed by atoms with E-state index in [1.54, 1.807) is 36.4 Å². The minimum Gasteiger partial charge on any atom is -0.272 e. The lowest BCUT2D eigenvalue weighted by Gasteiger charge is -2.21. The van der Waals surface area contributed by atoms with Gasteiger partial charge in [0.05, 0.1) is 27.7 Å². The summed E-state index contributed by atoms with van der Waals surface area (Å²) in [5.74, 6) is -1.12. The second-order valence-electron chi connectivity index (χ2n) is 6.64. The third-order valence-electron chi connectivity index (χ3n) is 4.36. The Morgan fingerprint density at radius 3 is 2.22 bits per heavy atom. The van der Waals surface area contributed by atoms with E-state index in [9.17, 15) is 17.6 Å². The minimum absolute atomic E-state index is 0.0289. The number of rotatable bonds is 8. The van der Waals surface area contributed by atoms with Gasteiger partial charge in [-0.2, -0.15) is 9.41 Å². The number of sulfonamides is 1. The van der Waals surface area contributed by atoms with E-state index in [4.69, 9.17) is 23.2 Å². The zero-order chi connectivity index (χ0) is 23.1. The van der Waals surface area contributed by atoms with Crippen LogP contribution in [0.2, 0.25) is 10.0 Å². The number of nitrogens with zero attached hydrogens (tertiary/aromatic N) is 2. The average Bonchev–Trinajstić information content (AvgIpc) is 2.77. The molecule has 0 aliphatic heterocycles. The van der Waals surface area contributed by atoms with E-state index >= 15 is 0 Å². The molecule has 0 radical (unpaired) electrons. The number of benzene rings is 3. The van der Waals surface area contributed by atoms with Crippen LogP contribution in [0.15, 0.2) is 82.8 Å². The van der Waals surface area contributed by atoms with E-state index in [1.807, 2.05) is 0 Å². The van der Waals surface area contributed by atoms with Gasteiger partial charge in [0.2, 0.25) is 10.0 Å². The topological polar surface area (TPSA) is 78.8 Å². The monoisotopic (exact) mass is 493 g/mol. The van der Waals surface area contributed by atoms with Gasteiger partial charge in [0.25, 0.3) is 5.91 Å². The van der Waals surface area contributed by atoms with E-state index in [2.05, 4.69) is 10.5 Å². The van der Waals surface area contributed by atoms with Gasteiger partial charge >= 0.3 is 0 Å². The van der Waals surface area contributed by atoms with Crippen molar-refractivity contribution in [2.75, 3.05) is 6.54 Å². The first-order valence-electron chi connectivity index (χ1n) is 9.33. The van der Waals surface area contributed by atoms with E-state index in [0.717, 1.165) is 4.31 Å². The number of nitrogens with one attached hydrogen (secondary N) is 1. The standard InChI is InChI=1S/C22H18Cl2FN3O3S/c23-20-7-4-8-21(24)19(20)13-26-27-22(29)15-28(14-16-9-11-17(25)12-10-16)32(30,31)18-5-2-1-3-6-18/h1-13H,14-15H2,(H,27,29)/b26-13-. The number of hydrazone groups is 1. The molecule has 0 aliphatic carbocycles. The maximum Gasteiger partial charge on any atom is 0.255 e. The molecule has 3 aromatic carbocycles. The molecule has 0 unspecified atom stereocenters. The van der Waals surface area contributed by atoms with E-state index in [0.29, 0.717) is 21.2 Å². The summed E-state index contributed by atoms with van der Waals surface area (Å²) in [6.07, 6.45) is 1.28. The summed E-state index contributed by atoms with van der Waals surface area (Å²) < 4.78 is 40.5. The molecule has 1 amide bonds. The van der Waals surface area contributed by atoms with Crippen molar-refractivity contribution in [3.63, 3.8) is 0 Å². The Hall–Kier alpha value is -2.78. The summed E-state index contributed by atoms with van der Waals surface area (Å²) in [6.45, 7) is -0.646. The highest BCUT2D eigenvalue weighted by Crippen LogP contribution is 2.22. The molecule has 0 fully saturated rings. The SMILES string of the molecule is O=C(CN(Cc1ccc(F)cc1)S(=O)(=O)c1ccccc1)N/N=C\c1c(Cl)cccc1Cl. The van der Waals surface area contributed by atoms with Gasteiger partial charge in [0.1, 0.15) is 5.82 Å². The van der Waals surface area contributed by atoms with Gasteiger partial charge in [0.15, 0.2) is 0 Å². The number of amides is 1. The van der Waals surface area contributed by atoms with Crippen molar-refractivity contribution in [1.82, 2.24) is 9.73 Å². The third-order valence-corrected chi connectivity index (χ3v) is 6.82. The second kappa shape index (κ2) is 10.7. The second-order valence-corrected chi connectivity index (χ2v) is 9.39. The van der Waals surface area contributed by atoms with Crippen LogP contribution < -0.4 is 5.43 Å². The van der Waals surface area contributed by atoms with Crippen LogP contribution in [0.3, 0.4) is 0 Å². The first-order chi connectivity index (χ1) is 15.3. The maximum atomic E-state index is 13.2. The van der Waals surface area contributed by atoms with Crippen molar-refractivity contribution in [3.8, 4) is 0 Å². The van der Waals surface area contributed by atoms with Crippen LogP contribution in [0.4, 0.5) is 4.39 Å². The summed E-state index contributed by atoms with van der Waals surface area (Å²) in [6, 6.07) is 18.0. The molecule has 0 aromatic heterocycles. The van der Waals surface area contributed by atoms with Crippen LogP contribution in [-0.4, -0.2) is 31.4 Å². The molecule has 32 heavy (non-hydrogen) atoms. The van der Waals surface area contributed by atoms with E-state index < -0.39 is 28.3 Å². The summed E-state index contributed by atoms with van der Waals surface area (Å²) >= 11 is 12.1. The van der Waals surface area contributed by atoms with Crippen LogP contribution >= 0.6 is 23.2 Å². The van der Waals surface area contributed by atoms with E-state index in [1.165, 1.54) is 42.6 Å². The Labute approximate surface area is 195 Å². The van der Waals surface area contributed by atoms with Crippen LogP contribution in [0, 0.1) is 5.82 Å². The fourth-order valence-corrected chi connectivity index (χ4v) is 4.66. The number of hydrogen-bond acceptors (Lipinski definition) is 4. The molecule has 6 nitrogen and oxygen atoms in total. The van der Waals surface area contributed by atoms with Gasteiger partial charge in [-0.05, 0) is 42.0 Å². The van der Waals surface area contributed by atoms with E-state index in [-0.39, 0.29) is 11.4 Å². The molecule has 0 spiro atoms. The lowest BCUT2D eigenvalue weighted by molar-refractivity contribution is -0.121. The molecule has 1 N–H and O–H groups in total. The summed E-state index contributed by atoms with van der Waals surface area (Å²) in [7, 11) is -4.01. The Morgan fingerprint density at radius 2 is 1.59 bits per heavy atom. The first kappa shape index (κ1) is 23.9. The van der Waals surface area contributed by atoms with Gasteiger partial charge in [-0.25, -0.2) is 18.2 Å². The predicted octanol–water partition coefficient (Wildman–Crippen LogP) is 4.47. The van der Waals surface area contributed by atoms with Gasteiger partial charge < -0.3 is 0 Å². The van der Waals surface area contributed by atoms with Gasteiger partial charge in [-0.3, -0.25) is 4.79 Å². The lowest BCUT2D eigenvalue weighted by atomic mass is 10.2. The highest BCUT2D eigenvalue weighted by atomic mass is 35.5. The zero-order valence-corrected chi connectivity index (χ0v) is 18.9. The highest BCUT2D eigenvalue weighted by molar-refractivity contribution is 7.89. The van der Waals surface area contributed by atoms with Crippen molar-refractivity contribution < 1.29 is 17.6 Å². The molecule has 3 aromatic rings. The van der Waals surface area contributed by atoms with Crippen LogP contribution in [0.25, 0.3) is 0 Å². The predicted molar refractivity (Wildman–Crippen MR) is 123 cm³/mol. The molecule has 0 atom stereocenters. The van der Waals surface area contributed by atoms with Gasteiger partial charge in [-0.1, -0.05) is 59.6 Å². The summed E-state index contributed by atoms with van der Waals surface area (Å²) in [5.41, 5.74) is 3.21. The highest BCUT2D eigenvalue weighted by Gasteiger charge is 2.26. The van der Waals surface area contributed by atoms with Gasteiger partial charge in [0, 0.05) is 12.1 Å². The fourth-order valence-electron chi connectivity index (χ4n) is 2.76. The average molecular weight is 494 g/mol. The van der Waals surface area contributed by atoms with Crippen molar-refractivity contribution in [1.29, 1.82) is 0 Å². The number of hydrogen-bond donors (Lipinski definition) is 1. The fraction of sp³-hybridized carbons (Fsp3) is 0.0909. The Morgan fingerprint density at radius 1 is 0.969 bits per heavy atom. The molecule has 10 heteroatoms. The normalized spacial score (nSPS) is 11.8. The van der Waals surface area contributed by atoms with Crippen molar-refractivity contribution in [2.45, 2.75) is 11.4 Å². The zero-order valence-electron chi connectivity index (χ0n) is 16.6.